The number of rotatable bonds is 19. The van der Waals surface area contributed by atoms with Gasteiger partial charge in [0.05, 0.1) is 43.4 Å². The first-order valence-corrected chi connectivity index (χ1v) is 17.2. The summed E-state index contributed by atoms with van der Waals surface area (Å²) in [6, 6.07) is 22.5. The number of methoxy groups -OCH3 is 2. The average Bonchev–Trinajstić information content (AvgIpc) is 3.05. The van der Waals surface area contributed by atoms with Gasteiger partial charge in [0.15, 0.2) is 6.10 Å². The van der Waals surface area contributed by atoms with Gasteiger partial charge in [-0.15, -0.1) is 0 Å². The Kier molecular flexibility index (Phi) is 14.5. The molecule has 250 valence electrons. The Morgan fingerprint density at radius 2 is 1.52 bits per heavy atom. The molecular formula is C35H46N2O8S. The van der Waals surface area contributed by atoms with Crippen molar-refractivity contribution in [2.24, 2.45) is 5.92 Å². The average molecular weight is 655 g/mol. The molecule has 0 saturated carbocycles. The number of nitrogens with one attached hydrogen (secondary N) is 2. The van der Waals surface area contributed by atoms with Gasteiger partial charge in [-0.25, -0.2) is 13.2 Å². The van der Waals surface area contributed by atoms with E-state index >= 15 is 0 Å². The molecule has 0 spiro atoms. The van der Waals surface area contributed by atoms with Crippen molar-refractivity contribution in [3.63, 3.8) is 0 Å². The highest BCUT2D eigenvalue weighted by molar-refractivity contribution is 7.91. The van der Waals surface area contributed by atoms with E-state index in [4.69, 9.17) is 14.2 Å². The molecule has 1 amide bonds. The lowest BCUT2D eigenvalue weighted by Crippen LogP contribution is -2.52. The van der Waals surface area contributed by atoms with Crippen LogP contribution in [-0.4, -0.2) is 75.9 Å². The Hall–Kier alpha value is -3.93. The van der Waals surface area contributed by atoms with Gasteiger partial charge in [-0.2, -0.15) is 0 Å². The summed E-state index contributed by atoms with van der Waals surface area (Å²) in [5, 5.41) is 17.5. The van der Waals surface area contributed by atoms with E-state index in [0.29, 0.717) is 19.4 Å². The van der Waals surface area contributed by atoms with Gasteiger partial charge in [0.1, 0.15) is 21.3 Å². The van der Waals surface area contributed by atoms with Crippen LogP contribution in [0.1, 0.15) is 48.2 Å². The number of ether oxygens (including phenoxy) is 3. The summed E-state index contributed by atoms with van der Waals surface area (Å²) in [7, 11) is -0.602. The molecular weight excluding hydrogens is 608 g/mol. The van der Waals surface area contributed by atoms with Crippen molar-refractivity contribution in [1.29, 1.82) is 0 Å². The molecule has 3 rings (SSSR count). The van der Waals surface area contributed by atoms with Crippen LogP contribution in [0.3, 0.4) is 0 Å². The lowest BCUT2D eigenvalue weighted by Gasteiger charge is -2.27. The van der Waals surface area contributed by atoms with Crippen molar-refractivity contribution >= 4 is 21.7 Å². The minimum absolute atomic E-state index is 0.00510. The number of sulfone groups is 1. The number of hydrogen-bond donors (Lipinski definition) is 3. The standard InChI is InChI=1S/C35H46N2O8S/c1-25(2)16-18-46(41,42)19-17-33(45-30-15-9-13-28(22-30)35(40)44-4)34(39)37-31(21-26-10-6-5-7-11-26)32(38)24-36-23-27-12-8-14-29(20-27)43-3/h5-15,20,22,25,31-33,36,38H,16-19,21,23-24H2,1-4H3,(H,37,39)/t31-,32-,33?/m0/s1. The molecule has 11 heteroatoms. The van der Waals surface area contributed by atoms with Crippen molar-refractivity contribution in [2.45, 2.75) is 57.9 Å². The molecule has 0 bridgehead atoms. The second-order valence-electron chi connectivity index (χ2n) is 11.6. The molecule has 0 saturated heterocycles. The minimum atomic E-state index is -3.46. The fraction of sp³-hybridized carbons (Fsp3) is 0.429. The molecule has 0 aromatic heterocycles. The third kappa shape index (κ3) is 12.5. The number of amides is 1. The Balaban J connectivity index is 1.80. The molecule has 0 aliphatic rings. The number of benzene rings is 3. The lowest BCUT2D eigenvalue weighted by molar-refractivity contribution is -0.129. The van der Waals surface area contributed by atoms with E-state index in [2.05, 4.69) is 10.6 Å². The van der Waals surface area contributed by atoms with Crippen LogP contribution in [0.15, 0.2) is 78.9 Å². The quantitative estimate of drug-likeness (QED) is 0.164. The van der Waals surface area contributed by atoms with Crippen molar-refractivity contribution < 1.29 is 37.3 Å². The van der Waals surface area contributed by atoms with Crippen LogP contribution in [-0.2, 0) is 32.3 Å². The number of hydrogen-bond acceptors (Lipinski definition) is 9. The summed E-state index contributed by atoms with van der Waals surface area (Å²) in [5.74, 6) is -0.256. The summed E-state index contributed by atoms with van der Waals surface area (Å²) < 4.78 is 41.8. The van der Waals surface area contributed by atoms with Gasteiger partial charge in [0.2, 0.25) is 0 Å². The van der Waals surface area contributed by atoms with Crippen LogP contribution in [0.5, 0.6) is 11.5 Å². The van der Waals surface area contributed by atoms with E-state index in [-0.39, 0.29) is 41.7 Å². The Labute approximate surface area is 272 Å². The Morgan fingerprint density at radius 1 is 0.848 bits per heavy atom. The summed E-state index contributed by atoms with van der Waals surface area (Å²) in [5.41, 5.74) is 2.10. The number of esters is 1. The van der Waals surface area contributed by atoms with Gasteiger partial charge >= 0.3 is 5.97 Å². The second kappa shape index (κ2) is 18.3. The van der Waals surface area contributed by atoms with Crippen LogP contribution >= 0.6 is 0 Å². The fourth-order valence-corrected chi connectivity index (χ4v) is 6.35. The van der Waals surface area contributed by atoms with Crippen molar-refractivity contribution in [1.82, 2.24) is 10.6 Å². The van der Waals surface area contributed by atoms with Crippen LogP contribution in [0.2, 0.25) is 0 Å². The molecule has 0 fully saturated rings. The normalized spacial score (nSPS) is 13.4. The SMILES string of the molecule is COC(=O)c1cccc(OC(CCS(=O)(=O)CCC(C)C)C(=O)N[C@@H](Cc2ccccc2)[C@@H](O)CNCc2cccc(OC)c2)c1. The Bertz CT molecular complexity index is 1500. The zero-order valence-corrected chi connectivity index (χ0v) is 27.8. The predicted octanol–water partition coefficient (Wildman–Crippen LogP) is 3.96. The topological polar surface area (TPSA) is 140 Å². The van der Waals surface area contributed by atoms with Crippen LogP contribution in [0.4, 0.5) is 0 Å². The van der Waals surface area contributed by atoms with Crippen molar-refractivity contribution in [2.75, 3.05) is 32.3 Å². The highest BCUT2D eigenvalue weighted by Gasteiger charge is 2.29. The van der Waals surface area contributed by atoms with E-state index in [9.17, 15) is 23.1 Å². The first kappa shape index (κ1) is 36.5. The monoisotopic (exact) mass is 654 g/mol. The van der Waals surface area contributed by atoms with Gasteiger partial charge in [0.25, 0.3) is 5.91 Å². The largest absolute Gasteiger partial charge is 0.497 e. The molecule has 3 aromatic carbocycles. The zero-order valence-electron chi connectivity index (χ0n) is 27.0. The fourth-order valence-electron chi connectivity index (χ4n) is 4.74. The lowest BCUT2D eigenvalue weighted by atomic mass is 10.0. The molecule has 10 nitrogen and oxygen atoms in total. The molecule has 46 heavy (non-hydrogen) atoms. The maximum atomic E-state index is 13.8. The maximum absolute atomic E-state index is 13.8. The van der Waals surface area contributed by atoms with Crippen LogP contribution < -0.4 is 20.1 Å². The summed E-state index contributed by atoms with van der Waals surface area (Å²) in [4.78, 5) is 25.9. The maximum Gasteiger partial charge on any atom is 0.337 e. The van der Waals surface area contributed by atoms with Gasteiger partial charge in [-0.1, -0.05) is 62.4 Å². The third-order valence-corrected chi connectivity index (χ3v) is 9.15. The molecule has 3 aromatic rings. The zero-order chi connectivity index (χ0) is 33.5. The first-order chi connectivity index (χ1) is 22.0. The van der Waals surface area contributed by atoms with E-state index in [0.717, 1.165) is 16.9 Å². The predicted molar refractivity (Wildman–Crippen MR) is 178 cm³/mol. The number of carbonyl (C=O) groups excluding carboxylic acids is 2. The third-order valence-electron chi connectivity index (χ3n) is 7.43. The van der Waals surface area contributed by atoms with Crippen LogP contribution in [0.25, 0.3) is 0 Å². The van der Waals surface area contributed by atoms with Crippen LogP contribution in [0, 0.1) is 5.92 Å². The number of aliphatic hydroxyl groups is 1. The first-order valence-electron chi connectivity index (χ1n) is 15.4. The molecule has 3 atom stereocenters. The second-order valence-corrected chi connectivity index (χ2v) is 13.9. The highest BCUT2D eigenvalue weighted by Crippen LogP contribution is 2.19. The summed E-state index contributed by atoms with van der Waals surface area (Å²) in [6.45, 7) is 4.54. The molecule has 0 aliphatic carbocycles. The van der Waals surface area contributed by atoms with Crippen molar-refractivity contribution in [3.05, 3.63) is 95.6 Å². The van der Waals surface area contributed by atoms with Gasteiger partial charge in [-0.3, -0.25) is 4.79 Å². The van der Waals surface area contributed by atoms with Gasteiger partial charge in [-0.05, 0) is 60.2 Å². The van der Waals surface area contributed by atoms with Gasteiger partial charge < -0.3 is 30.0 Å². The number of carbonyl (C=O) groups is 2. The molecule has 0 aliphatic heterocycles. The van der Waals surface area contributed by atoms with E-state index in [1.807, 2.05) is 68.4 Å². The van der Waals surface area contributed by atoms with Crippen molar-refractivity contribution in [3.8, 4) is 11.5 Å². The highest BCUT2D eigenvalue weighted by atomic mass is 32.2. The number of aliphatic hydroxyl groups excluding tert-OH is 1. The smallest absolute Gasteiger partial charge is 0.337 e. The van der Waals surface area contributed by atoms with E-state index in [1.54, 1.807) is 25.3 Å². The minimum Gasteiger partial charge on any atom is -0.497 e. The molecule has 0 radical (unpaired) electrons. The summed E-state index contributed by atoms with van der Waals surface area (Å²) in [6.07, 6.45) is -1.48. The van der Waals surface area contributed by atoms with E-state index < -0.39 is 40.0 Å². The Morgan fingerprint density at radius 3 is 2.22 bits per heavy atom. The summed E-state index contributed by atoms with van der Waals surface area (Å²) >= 11 is 0. The molecule has 3 N–H and O–H groups in total. The molecule has 1 unspecified atom stereocenters. The van der Waals surface area contributed by atoms with E-state index in [1.165, 1.54) is 13.2 Å². The molecule has 0 heterocycles. The van der Waals surface area contributed by atoms with Gasteiger partial charge in [0, 0.05) is 19.5 Å².